The van der Waals surface area contributed by atoms with Crippen LogP contribution < -0.4 is 9.62 Å². The van der Waals surface area contributed by atoms with E-state index < -0.39 is 10.0 Å². The van der Waals surface area contributed by atoms with Crippen molar-refractivity contribution in [3.05, 3.63) is 46.8 Å². The Hall–Kier alpha value is -1.12. The first-order valence-electron chi connectivity index (χ1n) is 7.82. The zero-order chi connectivity index (χ0) is 17.0. The Morgan fingerprint density at radius 1 is 1.04 bits per heavy atom. The number of hydrogen-bond acceptors (Lipinski definition) is 5. The Morgan fingerprint density at radius 3 is 2.38 bits per heavy atom. The Bertz CT molecular complexity index is 757. The molecule has 2 aromatic rings. The fourth-order valence-electron chi connectivity index (χ4n) is 2.72. The van der Waals surface area contributed by atoms with E-state index in [1.807, 2.05) is 18.2 Å². The van der Waals surface area contributed by atoms with Crippen LogP contribution >= 0.6 is 22.9 Å². The van der Waals surface area contributed by atoms with Crippen LogP contribution in [0.3, 0.4) is 0 Å². The number of nitrogens with zero attached hydrogens (tertiary/aromatic N) is 2. The summed E-state index contributed by atoms with van der Waals surface area (Å²) in [4.78, 5) is 4.64. The summed E-state index contributed by atoms with van der Waals surface area (Å²) in [6, 6.07) is 13.5. The lowest BCUT2D eigenvalue weighted by Crippen LogP contribution is -2.48. The molecular weight excluding hydrogens is 366 g/mol. The van der Waals surface area contributed by atoms with Crippen LogP contribution in [0.25, 0.3) is 0 Å². The third-order valence-corrected chi connectivity index (χ3v) is 7.21. The van der Waals surface area contributed by atoms with Gasteiger partial charge < -0.3 is 4.90 Å². The van der Waals surface area contributed by atoms with Crippen molar-refractivity contribution in [3.63, 3.8) is 0 Å². The number of thiophene rings is 1. The van der Waals surface area contributed by atoms with E-state index >= 15 is 0 Å². The standard InChI is InChI=1S/C16H20ClN3O2S2/c17-15-6-7-16(23-15)24(21,22)18-8-9-19-10-12-20(13-11-19)14-4-2-1-3-5-14/h1-7,18H,8-13H2. The second-order valence-electron chi connectivity index (χ2n) is 5.62. The zero-order valence-corrected chi connectivity index (χ0v) is 15.6. The minimum Gasteiger partial charge on any atom is -0.369 e. The lowest BCUT2D eigenvalue weighted by Gasteiger charge is -2.36. The number of halogens is 1. The van der Waals surface area contributed by atoms with Crippen molar-refractivity contribution in [2.75, 3.05) is 44.2 Å². The van der Waals surface area contributed by atoms with Crippen molar-refractivity contribution in [1.82, 2.24) is 9.62 Å². The van der Waals surface area contributed by atoms with E-state index in [9.17, 15) is 8.42 Å². The minimum absolute atomic E-state index is 0.265. The summed E-state index contributed by atoms with van der Waals surface area (Å²) in [6.45, 7) is 4.89. The number of piperazine rings is 1. The Kier molecular flexibility index (Phi) is 5.78. The van der Waals surface area contributed by atoms with E-state index in [0.29, 0.717) is 17.4 Å². The van der Waals surface area contributed by atoms with Crippen molar-refractivity contribution in [2.24, 2.45) is 0 Å². The number of benzene rings is 1. The molecule has 0 aliphatic carbocycles. The highest BCUT2D eigenvalue weighted by Crippen LogP contribution is 2.25. The van der Waals surface area contributed by atoms with E-state index in [2.05, 4.69) is 26.7 Å². The van der Waals surface area contributed by atoms with Gasteiger partial charge in [0, 0.05) is 45.0 Å². The van der Waals surface area contributed by atoms with Gasteiger partial charge in [0.25, 0.3) is 0 Å². The molecule has 2 heterocycles. The maximum Gasteiger partial charge on any atom is 0.250 e. The molecule has 0 unspecified atom stereocenters. The predicted molar refractivity (Wildman–Crippen MR) is 99.6 cm³/mol. The molecule has 1 N–H and O–H groups in total. The summed E-state index contributed by atoms with van der Waals surface area (Å²) in [7, 11) is -3.45. The van der Waals surface area contributed by atoms with Gasteiger partial charge in [-0.2, -0.15) is 0 Å². The van der Waals surface area contributed by atoms with Crippen LogP contribution in [-0.4, -0.2) is 52.6 Å². The third-order valence-electron chi connectivity index (χ3n) is 4.03. The van der Waals surface area contributed by atoms with Gasteiger partial charge >= 0.3 is 0 Å². The van der Waals surface area contributed by atoms with Gasteiger partial charge in [0.1, 0.15) is 4.21 Å². The highest BCUT2D eigenvalue weighted by Gasteiger charge is 2.19. The minimum atomic E-state index is -3.45. The number of sulfonamides is 1. The molecule has 1 aromatic carbocycles. The van der Waals surface area contributed by atoms with Gasteiger partial charge in [-0.05, 0) is 24.3 Å². The second-order valence-corrected chi connectivity index (χ2v) is 9.33. The molecule has 0 saturated carbocycles. The Balaban J connectivity index is 1.44. The molecule has 1 aromatic heterocycles. The molecule has 8 heteroatoms. The Labute approximate surface area is 151 Å². The lowest BCUT2D eigenvalue weighted by atomic mass is 10.2. The maximum atomic E-state index is 12.1. The first kappa shape index (κ1) is 17.7. The van der Waals surface area contributed by atoms with Crippen molar-refractivity contribution < 1.29 is 8.42 Å². The molecule has 3 rings (SSSR count). The van der Waals surface area contributed by atoms with Crippen LogP contribution in [0.4, 0.5) is 5.69 Å². The smallest absolute Gasteiger partial charge is 0.250 e. The summed E-state index contributed by atoms with van der Waals surface area (Å²) in [5, 5.41) is 0. The van der Waals surface area contributed by atoms with E-state index in [-0.39, 0.29) is 4.21 Å². The SMILES string of the molecule is O=S(=O)(NCCN1CCN(c2ccccc2)CC1)c1ccc(Cl)s1. The summed E-state index contributed by atoms with van der Waals surface area (Å²) >= 11 is 6.87. The predicted octanol–water partition coefficient (Wildman–Crippen LogP) is 2.50. The van der Waals surface area contributed by atoms with Crippen molar-refractivity contribution in [2.45, 2.75) is 4.21 Å². The molecule has 1 aliphatic rings. The molecule has 130 valence electrons. The van der Waals surface area contributed by atoms with E-state index in [0.717, 1.165) is 37.5 Å². The maximum absolute atomic E-state index is 12.1. The van der Waals surface area contributed by atoms with Gasteiger partial charge in [-0.3, -0.25) is 4.90 Å². The average molecular weight is 386 g/mol. The van der Waals surface area contributed by atoms with Gasteiger partial charge in [0.15, 0.2) is 0 Å². The van der Waals surface area contributed by atoms with Crippen LogP contribution in [0, 0.1) is 0 Å². The second kappa shape index (κ2) is 7.84. The Morgan fingerprint density at radius 2 is 1.75 bits per heavy atom. The fraction of sp³-hybridized carbons (Fsp3) is 0.375. The summed E-state index contributed by atoms with van der Waals surface area (Å²) in [5.74, 6) is 0. The van der Waals surface area contributed by atoms with E-state index in [1.54, 1.807) is 6.07 Å². The van der Waals surface area contributed by atoms with Gasteiger partial charge in [-0.1, -0.05) is 29.8 Å². The van der Waals surface area contributed by atoms with Crippen LogP contribution in [0.2, 0.25) is 4.34 Å². The molecule has 1 aliphatic heterocycles. The molecule has 0 radical (unpaired) electrons. The normalized spacial score (nSPS) is 16.5. The first-order valence-corrected chi connectivity index (χ1v) is 10.5. The molecule has 5 nitrogen and oxygen atoms in total. The van der Waals surface area contributed by atoms with Crippen molar-refractivity contribution in [1.29, 1.82) is 0 Å². The molecule has 24 heavy (non-hydrogen) atoms. The fourth-order valence-corrected chi connectivity index (χ4v) is 5.27. The third kappa shape index (κ3) is 4.49. The molecule has 1 saturated heterocycles. The number of rotatable bonds is 6. The summed E-state index contributed by atoms with van der Waals surface area (Å²) in [5.41, 5.74) is 1.24. The highest BCUT2D eigenvalue weighted by atomic mass is 35.5. The number of hydrogen-bond donors (Lipinski definition) is 1. The van der Waals surface area contributed by atoms with Crippen molar-refractivity contribution in [3.8, 4) is 0 Å². The highest BCUT2D eigenvalue weighted by molar-refractivity contribution is 7.91. The monoisotopic (exact) mass is 385 g/mol. The van der Waals surface area contributed by atoms with Crippen LogP contribution in [0.5, 0.6) is 0 Å². The number of para-hydroxylation sites is 1. The number of anilines is 1. The molecule has 0 amide bonds. The zero-order valence-electron chi connectivity index (χ0n) is 13.2. The van der Waals surface area contributed by atoms with Gasteiger partial charge in [-0.25, -0.2) is 13.1 Å². The van der Waals surface area contributed by atoms with Crippen LogP contribution in [-0.2, 0) is 10.0 Å². The molecular formula is C16H20ClN3O2S2. The summed E-state index contributed by atoms with van der Waals surface area (Å²) in [6.07, 6.45) is 0. The first-order chi connectivity index (χ1) is 11.5. The lowest BCUT2D eigenvalue weighted by molar-refractivity contribution is 0.262. The van der Waals surface area contributed by atoms with Crippen molar-refractivity contribution >= 4 is 38.6 Å². The van der Waals surface area contributed by atoms with Crippen LogP contribution in [0.1, 0.15) is 0 Å². The molecule has 1 fully saturated rings. The largest absolute Gasteiger partial charge is 0.369 e. The summed E-state index contributed by atoms with van der Waals surface area (Å²) < 4.78 is 27.7. The van der Waals surface area contributed by atoms with E-state index in [1.165, 1.54) is 11.8 Å². The van der Waals surface area contributed by atoms with Gasteiger partial charge in [0.05, 0.1) is 4.34 Å². The van der Waals surface area contributed by atoms with Gasteiger partial charge in [-0.15, -0.1) is 11.3 Å². The molecule has 0 atom stereocenters. The number of nitrogens with one attached hydrogen (secondary N) is 1. The topological polar surface area (TPSA) is 52.7 Å². The van der Waals surface area contributed by atoms with Crippen LogP contribution in [0.15, 0.2) is 46.7 Å². The van der Waals surface area contributed by atoms with E-state index in [4.69, 9.17) is 11.6 Å². The quantitative estimate of drug-likeness (QED) is 0.830. The van der Waals surface area contributed by atoms with Gasteiger partial charge in [0.2, 0.25) is 10.0 Å². The molecule has 0 bridgehead atoms. The average Bonchev–Trinajstić information content (AvgIpc) is 3.04. The molecule has 0 spiro atoms.